The number of Topliss-reactive ketones (excluding diaryl/α,β-unsaturated/α-hetero) is 1. The van der Waals surface area contributed by atoms with Gasteiger partial charge in [-0.3, -0.25) is 0 Å². The highest BCUT2D eigenvalue weighted by Crippen LogP contribution is 2.15. The molecule has 0 aromatic carbocycles. The Morgan fingerprint density at radius 1 is 1.00 bits per heavy atom. The minimum absolute atomic E-state index is 0.339. The molecule has 0 spiro atoms. The summed E-state index contributed by atoms with van der Waals surface area (Å²) in [5.41, 5.74) is 0. The van der Waals surface area contributed by atoms with Crippen LogP contribution in [0.5, 0.6) is 0 Å². The van der Waals surface area contributed by atoms with E-state index in [2.05, 4.69) is 13.8 Å². The first-order valence-electron chi connectivity index (χ1n) is 6.66. The second-order valence-electron chi connectivity index (χ2n) is 4.90. The third kappa shape index (κ3) is 11.6. The summed E-state index contributed by atoms with van der Waals surface area (Å²) in [7, 11) is 0. The van der Waals surface area contributed by atoms with Crippen molar-refractivity contribution in [2.24, 2.45) is 5.92 Å². The van der Waals surface area contributed by atoms with Gasteiger partial charge in [0.25, 0.3) is 0 Å². The molecule has 15 heavy (non-hydrogen) atoms. The quantitative estimate of drug-likeness (QED) is 0.478. The zero-order chi connectivity index (χ0) is 11.5. The molecule has 90 valence electrons. The predicted molar refractivity (Wildman–Crippen MR) is 67.1 cm³/mol. The van der Waals surface area contributed by atoms with Gasteiger partial charge in [0.15, 0.2) is 0 Å². The standard InChI is InChI=1S/C14H28O/c1-4-10-13(2)11-8-6-5-7-9-12-14(3)15/h13H,4-12H2,1-3H3/t13-/m0/s1. The van der Waals surface area contributed by atoms with Crippen molar-refractivity contribution in [1.82, 2.24) is 0 Å². The van der Waals surface area contributed by atoms with Crippen LogP contribution < -0.4 is 0 Å². The van der Waals surface area contributed by atoms with E-state index in [1.807, 2.05) is 0 Å². The van der Waals surface area contributed by atoms with Crippen molar-refractivity contribution in [3.8, 4) is 0 Å². The monoisotopic (exact) mass is 212 g/mol. The van der Waals surface area contributed by atoms with E-state index in [0.29, 0.717) is 5.78 Å². The Morgan fingerprint density at radius 2 is 1.60 bits per heavy atom. The van der Waals surface area contributed by atoms with Gasteiger partial charge in [-0.05, 0) is 19.3 Å². The predicted octanol–water partition coefficient (Wildman–Crippen LogP) is 4.74. The summed E-state index contributed by atoms with van der Waals surface area (Å²) in [6.07, 6.45) is 11.2. The third-order valence-electron chi connectivity index (χ3n) is 3.01. The molecule has 1 heteroatoms. The summed E-state index contributed by atoms with van der Waals surface area (Å²) in [5, 5.41) is 0. The average Bonchev–Trinajstić information content (AvgIpc) is 2.16. The minimum atomic E-state index is 0.339. The summed E-state index contributed by atoms with van der Waals surface area (Å²) in [4.78, 5) is 10.7. The largest absolute Gasteiger partial charge is 0.300 e. The van der Waals surface area contributed by atoms with Gasteiger partial charge in [0.2, 0.25) is 0 Å². The Kier molecular flexibility index (Phi) is 9.97. The first-order chi connectivity index (χ1) is 7.16. The van der Waals surface area contributed by atoms with Crippen LogP contribution in [-0.4, -0.2) is 5.78 Å². The van der Waals surface area contributed by atoms with Crippen LogP contribution >= 0.6 is 0 Å². The van der Waals surface area contributed by atoms with Crippen LogP contribution in [-0.2, 0) is 4.79 Å². The molecule has 0 N–H and O–H groups in total. The highest BCUT2D eigenvalue weighted by Gasteiger charge is 2.00. The van der Waals surface area contributed by atoms with E-state index in [4.69, 9.17) is 0 Å². The van der Waals surface area contributed by atoms with Gasteiger partial charge in [0.05, 0.1) is 0 Å². The third-order valence-corrected chi connectivity index (χ3v) is 3.01. The second kappa shape index (κ2) is 10.2. The maximum Gasteiger partial charge on any atom is 0.129 e. The lowest BCUT2D eigenvalue weighted by atomic mass is 9.98. The maximum absolute atomic E-state index is 10.7. The summed E-state index contributed by atoms with van der Waals surface area (Å²) < 4.78 is 0. The number of rotatable bonds is 10. The molecule has 0 saturated heterocycles. The van der Waals surface area contributed by atoms with Gasteiger partial charge in [-0.25, -0.2) is 0 Å². The molecule has 0 aromatic heterocycles. The fourth-order valence-corrected chi connectivity index (χ4v) is 2.03. The minimum Gasteiger partial charge on any atom is -0.300 e. The zero-order valence-corrected chi connectivity index (χ0v) is 10.8. The number of carbonyl (C=O) groups is 1. The maximum atomic E-state index is 10.7. The first-order valence-corrected chi connectivity index (χ1v) is 6.66. The molecule has 0 saturated carbocycles. The molecular formula is C14H28O. The Labute approximate surface area is 95.6 Å². The van der Waals surface area contributed by atoms with E-state index in [0.717, 1.165) is 18.8 Å². The van der Waals surface area contributed by atoms with Crippen LogP contribution in [0.25, 0.3) is 0 Å². The van der Waals surface area contributed by atoms with E-state index < -0.39 is 0 Å². The Balaban J connectivity index is 3.07. The fourth-order valence-electron chi connectivity index (χ4n) is 2.03. The second-order valence-corrected chi connectivity index (χ2v) is 4.90. The molecule has 0 heterocycles. The van der Waals surface area contributed by atoms with E-state index >= 15 is 0 Å². The smallest absolute Gasteiger partial charge is 0.129 e. The summed E-state index contributed by atoms with van der Waals surface area (Å²) in [5.74, 6) is 1.25. The van der Waals surface area contributed by atoms with Crippen LogP contribution in [0.1, 0.15) is 78.6 Å². The Bertz CT molecular complexity index is 151. The van der Waals surface area contributed by atoms with Gasteiger partial charge in [0, 0.05) is 6.42 Å². The molecule has 1 nitrogen and oxygen atoms in total. The van der Waals surface area contributed by atoms with Crippen molar-refractivity contribution in [2.45, 2.75) is 78.6 Å². The molecule has 0 amide bonds. The number of carbonyl (C=O) groups excluding carboxylic acids is 1. The lowest BCUT2D eigenvalue weighted by molar-refractivity contribution is -0.117. The van der Waals surface area contributed by atoms with Crippen LogP contribution in [0, 0.1) is 5.92 Å². The molecule has 1 atom stereocenters. The van der Waals surface area contributed by atoms with Gasteiger partial charge in [-0.15, -0.1) is 0 Å². The molecular weight excluding hydrogens is 184 g/mol. The summed E-state index contributed by atoms with van der Waals surface area (Å²) >= 11 is 0. The van der Waals surface area contributed by atoms with E-state index in [1.54, 1.807) is 6.92 Å². The highest BCUT2D eigenvalue weighted by atomic mass is 16.1. The topological polar surface area (TPSA) is 17.1 Å². The van der Waals surface area contributed by atoms with Gasteiger partial charge < -0.3 is 4.79 Å². The molecule has 0 aromatic rings. The zero-order valence-electron chi connectivity index (χ0n) is 10.8. The van der Waals surface area contributed by atoms with Gasteiger partial charge in [-0.1, -0.05) is 58.8 Å². The number of ketones is 1. The molecule has 0 aliphatic carbocycles. The SMILES string of the molecule is CCC[C@H](C)CCCCCCCC(C)=O. The summed E-state index contributed by atoms with van der Waals surface area (Å²) in [6.45, 7) is 6.31. The van der Waals surface area contributed by atoms with Crippen molar-refractivity contribution in [3.63, 3.8) is 0 Å². The number of unbranched alkanes of at least 4 members (excludes halogenated alkanes) is 4. The van der Waals surface area contributed by atoms with E-state index in [9.17, 15) is 4.79 Å². The lowest BCUT2D eigenvalue weighted by Crippen LogP contribution is -1.94. The average molecular weight is 212 g/mol. The number of hydrogen-bond donors (Lipinski definition) is 0. The van der Waals surface area contributed by atoms with Gasteiger partial charge in [-0.2, -0.15) is 0 Å². The van der Waals surface area contributed by atoms with Crippen molar-refractivity contribution < 1.29 is 4.79 Å². The van der Waals surface area contributed by atoms with Crippen LogP contribution in [0.2, 0.25) is 0 Å². The van der Waals surface area contributed by atoms with E-state index in [-0.39, 0.29) is 0 Å². The normalized spacial score (nSPS) is 12.7. The molecule has 0 fully saturated rings. The van der Waals surface area contributed by atoms with Crippen LogP contribution in [0.3, 0.4) is 0 Å². The van der Waals surface area contributed by atoms with Crippen molar-refractivity contribution >= 4 is 5.78 Å². The molecule has 0 radical (unpaired) electrons. The Hall–Kier alpha value is -0.330. The summed E-state index contributed by atoms with van der Waals surface area (Å²) in [6, 6.07) is 0. The number of hydrogen-bond acceptors (Lipinski definition) is 1. The first kappa shape index (κ1) is 14.7. The van der Waals surface area contributed by atoms with E-state index in [1.165, 1.54) is 44.9 Å². The molecule has 0 unspecified atom stereocenters. The molecule has 0 aliphatic heterocycles. The van der Waals surface area contributed by atoms with Gasteiger partial charge in [0.1, 0.15) is 5.78 Å². The lowest BCUT2D eigenvalue weighted by Gasteiger charge is -2.08. The fraction of sp³-hybridized carbons (Fsp3) is 0.929. The van der Waals surface area contributed by atoms with Crippen molar-refractivity contribution in [1.29, 1.82) is 0 Å². The van der Waals surface area contributed by atoms with Gasteiger partial charge >= 0.3 is 0 Å². The molecule has 0 rings (SSSR count). The highest BCUT2D eigenvalue weighted by molar-refractivity contribution is 5.75. The van der Waals surface area contributed by atoms with Crippen molar-refractivity contribution in [2.75, 3.05) is 0 Å². The van der Waals surface area contributed by atoms with Crippen LogP contribution in [0.4, 0.5) is 0 Å². The molecule has 0 aliphatic rings. The Morgan fingerprint density at radius 3 is 2.20 bits per heavy atom. The van der Waals surface area contributed by atoms with Crippen molar-refractivity contribution in [3.05, 3.63) is 0 Å². The van der Waals surface area contributed by atoms with Crippen LogP contribution in [0.15, 0.2) is 0 Å². The molecule has 0 bridgehead atoms.